The Kier molecular flexibility index (Phi) is 14.6. The number of hydrogen-bond donors (Lipinski definition) is 3. The van der Waals surface area contributed by atoms with E-state index in [1.54, 1.807) is 43.7 Å². The van der Waals surface area contributed by atoms with Crippen molar-refractivity contribution in [2.45, 2.75) is 104 Å². The molecule has 0 saturated carbocycles. The summed E-state index contributed by atoms with van der Waals surface area (Å²) in [5, 5.41) is 18.2. The second-order valence-electron chi connectivity index (χ2n) is 19.3. The third-order valence-electron chi connectivity index (χ3n) is 13.2. The van der Waals surface area contributed by atoms with Crippen LogP contribution in [-0.4, -0.2) is 115 Å². The van der Waals surface area contributed by atoms with Gasteiger partial charge in [0.25, 0.3) is 5.91 Å². The first-order valence-corrected chi connectivity index (χ1v) is 24.1. The number of nitrogens with one attached hydrogen (secondary N) is 2. The van der Waals surface area contributed by atoms with Crippen molar-refractivity contribution in [3.63, 3.8) is 0 Å². The zero-order valence-corrected chi connectivity index (χ0v) is 40.3. The number of phenolic OH excluding ortho intramolecular Hbond substituents is 1. The molecule has 3 aliphatic rings. The number of fused-ring (bicyclic) bond motifs is 6. The molecule has 354 valence electrons. The number of ether oxygens (including phenoxy) is 2. The van der Waals surface area contributed by atoms with Crippen molar-refractivity contribution in [3.05, 3.63) is 83.5 Å². The molecule has 16 heteroatoms. The molecule has 0 aliphatic carbocycles. The summed E-state index contributed by atoms with van der Waals surface area (Å²) in [6, 6.07) is 13.6. The van der Waals surface area contributed by atoms with Crippen molar-refractivity contribution in [2.75, 3.05) is 40.4 Å². The lowest BCUT2D eigenvalue weighted by Crippen LogP contribution is -2.67. The predicted octanol–water partition coefficient (Wildman–Crippen LogP) is 5.89. The Hall–Kier alpha value is -5.42. The molecule has 2 aromatic heterocycles. The van der Waals surface area contributed by atoms with Gasteiger partial charge in [0.15, 0.2) is 0 Å². The van der Waals surface area contributed by atoms with Crippen LogP contribution in [0.4, 0.5) is 0 Å². The van der Waals surface area contributed by atoms with E-state index in [4.69, 9.17) is 14.5 Å². The second-order valence-corrected chi connectivity index (χ2v) is 20.7. The lowest BCUT2D eigenvalue weighted by Gasteiger charge is -2.41. The van der Waals surface area contributed by atoms with Crippen LogP contribution in [-0.2, 0) is 65.6 Å². The third kappa shape index (κ3) is 9.97. The number of cyclic esters (lactones) is 1. The van der Waals surface area contributed by atoms with Crippen LogP contribution in [0.2, 0.25) is 0 Å². The van der Waals surface area contributed by atoms with Crippen LogP contribution in [0.5, 0.6) is 5.75 Å². The van der Waals surface area contributed by atoms with E-state index in [0.29, 0.717) is 56.5 Å². The molecule has 0 spiro atoms. The van der Waals surface area contributed by atoms with Crippen molar-refractivity contribution in [3.8, 4) is 28.1 Å². The number of nitrogens with zero attached hydrogens (tertiary/aromatic N) is 5. The van der Waals surface area contributed by atoms with Gasteiger partial charge in [0, 0.05) is 80.2 Å². The number of hydrazine groups is 1. The number of pyridine rings is 1. The summed E-state index contributed by atoms with van der Waals surface area (Å²) in [7, 11) is 1.83. The maximum atomic E-state index is 15.0. The quantitative estimate of drug-likeness (QED) is 0.154. The number of hydrogen-bond acceptors (Lipinski definition) is 10. The highest BCUT2D eigenvalue weighted by atomic mass is 32.2. The number of likely N-dealkylation sites (N-methyl/N-ethyl adjacent to an activating group) is 1. The zero-order valence-electron chi connectivity index (χ0n) is 39.5. The summed E-state index contributed by atoms with van der Waals surface area (Å²) in [5.74, 6) is -2.61. The molecule has 4 aromatic rings. The number of carbonyl (C=O) groups excluding carboxylic acids is 4. The molecule has 7 rings (SSSR count). The lowest BCUT2D eigenvalue weighted by atomic mass is 9.84. The predicted molar refractivity (Wildman–Crippen MR) is 255 cm³/mol. The van der Waals surface area contributed by atoms with Crippen molar-refractivity contribution in [1.29, 1.82) is 0 Å². The van der Waals surface area contributed by atoms with E-state index in [0.717, 1.165) is 39.0 Å². The molecular weight excluding hydrogens is 859 g/mol. The first-order valence-electron chi connectivity index (χ1n) is 22.9. The molecule has 2 aromatic carbocycles. The van der Waals surface area contributed by atoms with Crippen LogP contribution in [0.1, 0.15) is 77.6 Å². The van der Waals surface area contributed by atoms with Crippen LogP contribution in [0.15, 0.2) is 66.7 Å². The van der Waals surface area contributed by atoms with Gasteiger partial charge in [-0.15, -0.1) is 0 Å². The van der Waals surface area contributed by atoms with Gasteiger partial charge < -0.3 is 29.4 Å². The number of phenols is 1. The fourth-order valence-corrected chi connectivity index (χ4v) is 10.9. The number of amides is 3. The van der Waals surface area contributed by atoms with Crippen LogP contribution in [0.3, 0.4) is 0 Å². The minimum Gasteiger partial charge on any atom is -0.508 e. The average Bonchev–Trinajstić information content (AvgIpc) is 3.90. The molecule has 2 saturated heterocycles. The van der Waals surface area contributed by atoms with Gasteiger partial charge >= 0.3 is 5.97 Å². The molecule has 3 N–H and O–H groups in total. The minimum atomic E-state index is -1.63. The normalized spacial score (nSPS) is 22.4. The molecule has 5 atom stereocenters. The third-order valence-corrected chi connectivity index (χ3v) is 14.3. The molecule has 66 heavy (non-hydrogen) atoms. The van der Waals surface area contributed by atoms with Gasteiger partial charge in [-0.25, -0.2) is 13.9 Å². The highest BCUT2D eigenvalue weighted by Crippen LogP contribution is 2.41. The molecular formula is C50H65N7O8S. The second kappa shape index (κ2) is 19.8. The summed E-state index contributed by atoms with van der Waals surface area (Å²) >= 11 is 0. The SMILES string of the molecule is C=CS(=O)N1CC[C@H](C(=O)N(C)[C@H](C(=O)NC2(C)Cc3cc(O)cc(c3)-c3ccc4c(c3)c(c(-c3cccnc3COC)n4CC)CC(C)(C)COC(=O)[C@@H]3CCCN(N3)C2=O)C(C)C)C1. The Morgan fingerprint density at radius 1 is 1.11 bits per heavy atom. The fraction of sp³-hybridized carbons (Fsp3) is 0.500. The van der Waals surface area contributed by atoms with Gasteiger partial charge in [-0.3, -0.25) is 29.2 Å². The first kappa shape index (κ1) is 48.5. The molecule has 5 heterocycles. The van der Waals surface area contributed by atoms with E-state index in [9.17, 15) is 23.7 Å². The highest BCUT2D eigenvalue weighted by molar-refractivity contribution is 7.85. The Labute approximate surface area is 390 Å². The molecule has 0 radical (unpaired) electrons. The highest BCUT2D eigenvalue weighted by Gasteiger charge is 2.45. The Balaban J connectivity index is 1.33. The van der Waals surface area contributed by atoms with Crippen LogP contribution < -0.4 is 10.7 Å². The van der Waals surface area contributed by atoms with Crippen LogP contribution in [0.25, 0.3) is 33.3 Å². The van der Waals surface area contributed by atoms with Crippen LogP contribution >= 0.6 is 0 Å². The smallest absolute Gasteiger partial charge is 0.324 e. The fourth-order valence-electron chi connectivity index (χ4n) is 10.0. The number of carbonyl (C=O) groups is 4. The monoisotopic (exact) mass is 923 g/mol. The molecule has 2 fully saturated rings. The van der Waals surface area contributed by atoms with Gasteiger partial charge in [0.2, 0.25) is 11.8 Å². The van der Waals surface area contributed by atoms with Gasteiger partial charge in [0.05, 0.1) is 30.5 Å². The maximum absolute atomic E-state index is 15.0. The Morgan fingerprint density at radius 3 is 2.59 bits per heavy atom. The number of methoxy groups -OCH3 is 1. The van der Waals surface area contributed by atoms with Gasteiger partial charge in [0.1, 0.15) is 34.4 Å². The molecule has 3 aliphatic heterocycles. The summed E-state index contributed by atoms with van der Waals surface area (Å²) in [4.78, 5) is 63.8. The van der Waals surface area contributed by atoms with E-state index < -0.39 is 57.7 Å². The molecule has 6 bridgehead atoms. The molecule has 3 amide bonds. The van der Waals surface area contributed by atoms with Crippen LogP contribution in [0, 0.1) is 17.3 Å². The van der Waals surface area contributed by atoms with E-state index >= 15 is 4.79 Å². The van der Waals surface area contributed by atoms with Gasteiger partial charge in [-0.05, 0) is 104 Å². The average molecular weight is 924 g/mol. The number of esters is 1. The van der Waals surface area contributed by atoms with Gasteiger partial charge in [-0.2, -0.15) is 0 Å². The lowest BCUT2D eigenvalue weighted by molar-refractivity contribution is -0.157. The number of benzene rings is 2. The van der Waals surface area contributed by atoms with E-state index in [-0.39, 0.29) is 43.7 Å². The largest absolute Gasteiger partial charge is 0.508 e. The number of aromatic nitrogens is 2. The van der Waals surface area contributed by atoms with E-state index in [1.165, 1.54) is 15.3 Å². The number of aryl methyl sites for hydroxylation is 1. The number of rotatable bonds is 11. The van der Waals surface area contributed by atoms with Gasteiger partial charge in [-0.1, -0.05) is 46.4 Å². The van der Waals surface area contributed by atoms with Crippen molar-refractivity contribution in [1.82, 2.24) is 34.5 Å². The number of aromatic hydroxyl groups is 1. The molecule has 15 nitrogen and oxygen atoms in total. The van der Waals surface area contributed by atoms with Crippen molar-refractivity contribution in [2.24, 2.45) is 17.3 Å². The Morgan fingerprint density at radius 2 is 1.88 bits per heavy atom. The van der Waals surface area contributed by atoms with E-state index in [1.807, 2.05) is 32.0 Å². The Bertz CT molecular complexity index is 2540. The zero-order chi connectivity index (χ0) is 47.7. The summed E-state index contributed by atoms with van der Waals surface area (Å²) in [6.45, 7) is 17.3. The molecule has 2 unspecified atom stereocenters. The van der Waals surface area contributed by atoms with E-state index in [2.05, 4.69) is 60.9 Å². The summed E-state index contributed by atoms with van der Waals surface area (Å²) in [6.07, 6.45) is 3.68. The topological polar surface area (TPSA) is 176 Å². The van der Waals surface area contributed by atoms with Crippen molar-refractivity contribution >= 4 is 45.6 Å². The first-order chi connectivity index (χ1) is 31.4. The minimum absolute atomic E-state index is 0.0156. The summed E-state index contributed by atoms with van der Waals surface area (Å²) < 4.78 is 28.1. The standard InChI is InChI=1S/C50H65N7O8S/c1-10-56-42-17-16-33-25-38(42)39(44(56)37-14-12-19-51-41(37)29-64-9)27-49(5,6)30-65-47(61)40-15-13-20-57(53-40)48(62)50(7,26-32-22-35(33)24-36(58)23-32)52-45(59)43(31(3)4)54(8)46(60)34-18-21-55(28-34)66(63)11-2/h11-12,14,16-17,19,22-25,31,34,40,43,53,58H,2,10,13,15,18,20-21,26-30H2,1,3-9H3,(H,52,59)/t34-,40-,43-,50?,66?/m0/s1. The van der Waals surface area contributed by atoms with Crippen molar-refractivity contribution < 1.29 is 38.0 Å². The summed E-state index contributed by atoms with van der Waals surface area (Å²) in [5.41, 5.74) is 7.91. The maximum Gasteiger partial charge on any atom is 0.324 e.